The predicted molar refractivity (Wildman–Crippen MR) is 66.0 cm³/mol. The van der Waals surface area contributed by atoms with Crippen molar-refractivity contribution in [2.24, 2.45) is 11.8 Å². The van der Waals surface area contributed by atoms with Gasteiger partial charge in [0, 0.05) is 5.54 Å². The lowest BCUT2D eigenvalue weighted by Gasteiger charge is -2.49. The van der Waals surface area contributed by atoms with Crippen LogP contribution >= 0.6 is 0 Å². The Labute approximate surface area is 95.2 Å². The van der Waals surface area contributed by atoms with Crippen LogP contribution in [0.1, 0.15) is 59.3 Å². The molecule has 0 radical (unpaired) electrons. The van der Waals surface area contributed by atoms with Crippen LogP contribution in [0.15, 0.2) is 0 Å². The maximum Gasteiger partial charge on any atom is 0.0186 e. The van der Waals surface area contributed by atoms with Crippen molar-refractivity contribution in [2.75, 3.05) is 13.1 Å². The average Bonchev–Trinajstić information content (AvgIpc) is 2.17. The van der Waals surface area contributed by atoms with E-state index in [1.165, 1.54) is 51.6 Å². The minimum absolute atomic E-state index is 0.525. The Balaban J connectivity index is 2.02. The molecular formula is C14H27N. The van der Waals surface area contributed by atoms with E-state index in [-0.39, 0.29) is 0 Å². The van der Waals surface area contributed by atoms with Crippen molar-refractivity contribution in [1.82, 2.24) is 4.90 Å². The zero-order chi connectivity index (χ0) is 10.9. The summed E-state index contributed by atoms with van der Waals surface area (Å²) in [6, 6.07) is 0. The van der Waals surface area contributed by atoms with Gasteiger partial charge < -0.3 is 0 Å². The maximum absolute atomic E-state index is 2.79. The first kappa shape index (κ1) is 11.4. The van der Waals surface area contributed by atoms with E-state index in [1.54, 1.807) is 0 Å². The van der Waals surface area contributed by atoms with Gasteiger partial charge in [0.15, 0.2) is 0 Å². The molecule has 1 aliphatic heterocycles. The fraction of sp³-hybridized carbons (Fsp3) is 1.00. The molecule has 1 saturated heterocycles. The van der Waals surface area contributed by atoms with E-state index in [2.05, 4.69) is 25.7 Å². The molecule has 88 valence electrons. The molecule has 2 rings (SSSR count). The molecule has 1 aliphatic carbocycles. The van der Waals surface area contributed by atoms with Gasteiger partial charge in [0.2, 0.25) is 0 Å². The van der Waals surface area contributed by atoms with Crippen molar-refractivity contribution >= 4 is 0 Å². The number of rotatable bonds is 1. The Morgan fingerprint density at radius 3 is 2.00 bits per heavy atom. The summed E-state index contributed by atoms with van der Waals surface area (Å²) in [5, 5.41) is 0. The van der Waals surface area contributed by atoms with Gasteiger partial charge in [-0.2, -0.15) is 0 Å². The van der Waals surface area contributed by atoms with Crippen molar-refractivity contribution in [3.05, 3.63) is 0 Å². The molecule has 2 aliphatic rings. The monoisotopic (exact) mass is 209 g/mol. The zero-order valence-electron chi connectivity index (χ0n) is 10.8. The third kappa shape index (κ3) is 2.55. The molecule has 1 unspecified atom stereocenters. The summed E-state index contributed by atoms with van der Waals surface area (Å²) in [4.78, 5) is 2.79. The van der Waals surface area contributed by atoms with Crippen molar-refractivity contribution in [3.63, 3.8) is 0 Å². The summed E-state index contributed by atoms with van der Waals surface area (Å²) in [6.45, 7) is 10.1. The summed E-state index contributed by atoms with van der Waals surface area (Å²) in [5.41, 5.74) is 0.525. The highest BCUT2D eigenvalue weighted by molar-refractivity contribution is 4.94. The summed E-state index contributed by atoms with van der Waals surface area (Å²) >= 11 is 0. The SMILES string of the molecule is C[C@@H]1C[C@H](C)CC(C)(N2CCCCC2)C1. The Morgan fingerprint density at radius 2 is 1.47 bits per heavy atom. The Hall–Kier alpha value is -0.0400. The van der Waals surface area contributed by atoms with Gasteiger partial charge in [-0.1, -0.05) is 20.3 Å². The van der Waals surface area contributed by atoms with E-state index in [0.29, 0.717) is 5.54 Å². The van der Waals surface area contributed by atoms with Crippen LogP contribution in [-0.2, 0) is 0 Å². The van der Waals surface area contributed by atoms with E-state index < -0.39 is 0 Å². The molecule has 2 fully saturated rings. The smallest absolute Gasteiger partial charge is 0.0186 e. The molecule has 1 heteroatoms. The topological polar surface area (TPSA) is 3.24 Å². The van der Waals surface area contributed by atoms with Crippen LogP contribution in [0, 0.1) is 11.8 Å². The minimum atomic E-state index is 0.525. The molecule has 3 atom stereocenters. The van der Waals surface area contributed by atoms with Crippen LogP contribution in [0.3, 0.4) is 0 Å². The lowest BCUT2D eigenvalue weighted by molar-refractivity contribution is 0.0143. The predicted octanol–water partition coefficient (Wildman–Crippen LogP) is 3.69. The first-order valence-electron chi connectivity index (χ1n) is 6.85. The van der Waals surface area contributed by atoms with Crippen molar-refractivity contribution in [3.8, 4) is 0 Å². The first-order valence-corrected chi connectivity index (χ1v) is 6.85. The minimum Gasteiger partial charge on any atom is -0.298 e. The van der Waals surface area contributed by atoms with Gasteiger partial charge in [-0.3, -0.25) is 4.90 Å². The highest BCUT2D eigenvalue weighted by Gasteiger charge is 2.38. The molecule has 15 heavy (non-hydrogen) atoms. The Kier molecular flexibility index (Phi) is 3.39. The highest BCUT2D eigenvalue weighted by Crippen LogP contribution is 2.40. The van der Waals surface area contributed by atoms with Crippen LogP contribution in [-0.4, -0.2) is 23.5 Å². The van der Waals surface area contributed by atoms with E-state index >= 15 is 0 Å². The number of hydrogen-bond donors (Lipinski definition) is 0. The second kappa shape index (κ2) is 4.45. The molecule has 0 N–H and O–H groups in total. The number of likely N-dealkylation sites (tertiary alicyclic amines) is 1. The first-order chi connectivity index (χ1) is 7.10. The second-order valence-corrected chi connectivity index (χ2v) is 6.40. The molecule has 0 aromatic carbocycles. The van der Waals surface area contributed by atoms with Gasteiger partial charge in [0.1, 0.15) is 0 Å². The third-order valence-electron chi connectivity index (χ3n) is 4.50. The number of nitrogens with zero attached hydrogens (tertiary/aromatic N) is 1. The molecule has 0 aromatic heterocycles. The lowest BCUT2D eigenvalue weighted by Crippen LogP contribution is -2.52. The normalized spacial score (nSPS) is 44.2. The largest absolute Gasteiger partial charge is 0.298 e. The van der Waals surface area contributed by atoms with Gasteiger partial charge in [-0.25, -0.2) is 0 Å². The number of piperidine rings is 1. The molecule has 0 amide bonds. The van der Waals surface area contributed by atoms with Gasteiger partial charge in [0.05, 0.1) is 0 Å². The van der Waals surface area contributed by atoms with Crippen molar-refractivity contribution in [2.45, 2.75) is 64.8 Å². The summed E-state index contributed by atoms with van der Waals surface area (Å²) in [5.74, 6) is 1.86. The van der Waals surface area contributed by atoms with Crippen LogP contribution in [0.4, 0.5) is 0 Å². The van der Waals surface area contributed by atoms with E-state index in [1.807, 2.05) is 0 Å². The second-order valence-electron chi connectivity index (χ2n) is 6.40. The fourth-order valence-electron chi connectivity index (χ4n) is 4.13. The van der Waals surface area contributed by atoms with Gasteiger partial charge in [-0.15, -0.1) is 0 Å². The Bertz CT molecular complexity index is 195. The average molecular weight is 209 g/mol. The molecule has 1 nitrogen and oxygen atoms in total. The molecule has 0 aromatic rings. The van der Waals surface area contributed by atoms with E-state index in [0.717, 1.165) is 11.8 Å². The van der Waals surface area contributed by atoms with Gasteiger partial charge >= 0.3 is 0 Å². The summed E-state index contributed by atoms with van der Waals surface area (Å²) in [6.07, 6.45) is 8.62. The summed E-state index contributed by atoms with van der Waals surface area (Å²) < 4.78 is 0. The van der Waals surface area contributed by atoms with Gasteiger partial charge in [0.25, 0.3) is 0 Å². The van der Waals surface area contributed by atoms with Crippen molar-refractivity contribution in [1.29, 1.82) is 0 Å². The highest BCUT2D eigenvalue weighted by atomic mass is 15.2. The van der Waals surface area contributed by atoms with E-state index in [9.17, 15) is 0 Å². The van der Waals surface area contributed by atoms with Crippen LogP contribution in [0.2, 0.25) is 0 Å². The molecular weight excluding hydrogens is 182 g/mol. The van der Waals surface area contributed by atoms with Crippen molar-refractivity contribution < 1.29 is 0 Å². The Morgan fingerprint density at radius 1 is 0.933 bits per heavy atom. The van der Waals surface area contributed by atoms with Gasteiger partial charge in [-0.05, 0) is 64.0 Å². The zero-order valence-corrected chi connectivity index (χ0v) is 10.8. The molecule has 1 heterocycles. The molecule has 0 bridgehead atoms. The fourth-order valence-corrected chi connectivity index (χ4v) is 4.13. The third-order valence-corrected chi connectivity index (χ3v) is 4.50. The molecule has 1 saturated carbocycles. The summed E-state index contributed by atoms with van der Waals surface area (Å²) in [7, 11) is 0. The number of hydrogen-bond acceptors (Lipinski definition) is 1. The molecule has 0 spiro atoms. The quantitative estimate of drug-likeness (QED) is 0.636. The van der Waals surface area contributed by atoms with Crippen LogP contribution < -0.4 is 0 Å². The lowest BCUT2D eigenvalue weighted by atomic mass is 9.71. The maximum atomic E-state index is 2.79. The van der Waals surface area contributed by atoms with Crippen LogP contribution in [0.5, 0.6) is 0 Å². The van der Waals surface area contributed by atoms with E-state index in [4.69, 9.17) is 0 Å². The van der Waals surface area contributed by atoms with Crippen LogP contribution in [0.25, 0.3) is 0 Å². The standard InChI is InChI=1S/C14H27N/c1-12-9-13(2)11-14(3,10-12)15-7-5-4-6-8-15/h12-13H,4-11H2,1-3H3/t12-,13+,14?.